The summed E-state index contributed by atoms with van der Waals surface area (Å²) in [7, 11) is 1.47. The molecule has 0 aliphatic heterocycles. The number of aromatic nitrogens is 1. The molecule has 1 aromatic carbocycles. The number of aromatic carboxylic acids is 1. The van der Waals surface area contributed by atoms with Crippen LogP contribution in [0.25, 0.3) is 0 Å². The second-order valence-electron chi connectivity index (χ2n) is 3.93. The molecule has 2 aromatic rings. The van der Waals surface area contributed by atoms with Crippen molar-refractivity contribution in [1.82, 2.24) is 4.98 Å². The van der Waals surface area contributed by atoms with Crippen molar-refractivity contribution >= 4 is 17.6 Å². The molecule has 0 saturated carbocycles. The number of nitriles is 1. The van der Waals surface area contributed by atoms with Crippen molar-refractivity contribution < 1.29 is 19.4 Å². The predicted octanol–water partition coefficient (Wildman–Crippen LogP) is 3.11. The Morgan fingerprint density at radius 3 is 2.62 bits per heavy atom. The average molecular weight is 305 g/mol. The van der Waals surface area contributed by atoms with Gasteiger partial charge in [0, 0.05) is 12.3 Å². The largest absolute Gasteiger partial charge is 0.497 e. The van der Waals surface area contributed by atoms with Gasteiger partial charge in [0.2, 0.25) is 5.88 Å². The van der Waals surface area contributed by atoms with Crippen LogP contribution in [0.2, 0.25) is 5.02 Å². The molecule has 6 nitrogen and oxygen atoms in total. The molecule has 1 aromatic heterocycles. The maximum absolute atomic E-state index is 10.8. The number of carboxylic acids is 1. The highest BCUT2D eigenvalue weighted by molar-refractivity contribution is 6.32. The van der Waals surface area contributed by atoms with Crippen molar-refractivity contribution in [3.63, 3.8) is 0 Å². The van der Waals surface area contributed by atoms with E-state index in [1.807, 2.05) is 6.07 Å². The normalized spacial score (nSPS) is 9.76. The highest BCUT2D eigenvalue weighted by Crippen LogP contribution is 2.30. The summed E-state index contributed by atoms with van der Waals surface area (Å²) in [5.41, 5.74) is 0.304. The molecule has 0 bridgehead atoms. The number of rotatable bonds is 4. The van der Waals surface area contributed by atoms with Crippen LogP contribution in [0.4, 0.5) is 0 Å². The highest BCUT2D eigenvalue weighted by atomic mass is 35.5. The van der Waals surface area contributed by atoms with Gasteiger partial charge in [-0.25, -0.2) is 9.78 Å². The molecule has 0 atom stereocenters. The number of carbonyl (C=O) groups is 1. The first kappa shape index (κ1) is 14.6. The van der Waals surface area contributed by atoms with Crippen LogP contribution >= 0.6 is 11.6 Å². The lowest BCUT2D eigenvalue weighted by atomic mass is 10.2. The molecule has 0 unspecified atom stereocenters. The van der Waals surface area contributed by atoms with Crippen LogP contribution in [0.3, 0.4) is 0 Å². The van der Waals surface area contributed by atoms with Gasteiger partial charge in [-0.05, 0) is 18.2 Å². The van der Waals surface area contributed by atoms with E-state index in [0.29, 0.717) is 17.1 Å². The van der Waals surface area contributed by atoms with Gasteiger partial charge in [-0.15, -0.1) is 0 Å². The number of methoxy groups -OCH3 is 1. The molecular formula is C14H9ClN2O4. The number of carboxylic acid groups (broad SMARTS) is 1. The molecular weight excluding hydrogens is 296 g/mol. The van der Waals surface area contributed by atoms with E-state index in [2.05, 4.69) is 4.98 Å². The van der Waals surface area contributed by atoms with Crippen LogP contribution in [-0.2, 0) is 0 Å². The third-order valence-corrected chi connectivity index (χ3v) is 2.78. The lowest BCUT2D eigenvalue weighted by Gasteiger charge is -2.09. The number of ether oxygens (including phenoxy) is 2. The average Bonchev–Trinajstić information content (AvgIpc) is 2.48. The first-order chi connectivity index (χ1) is 10.0. The summed E-state index contributed by atoms with van der Waals surface area (Å²) in [6, 6.07) is 7.81. The molecule has 0 fully saturated rings. The van der Waals surface area contributed by atoms with E-state index in [1.54, 1.807) is 12.1 Å². The van der Waals surface area contributed by atoms with Crippen LogP contribution in [0, 0.1) is 11.3 Å². The highest BCUT2D eigenvalue weighted by Gasteiger charge is 2.11. The molecule has 7 heteroatoms. The van der Waals surface area contributed by atoms with Crippen molar-refractivity contribution in [3.8, 4) is 23.4 Å². The maximum atomic E-state index is 10.8. The summed E-state index contributed by atoms with van der Waals surface area (Å²) >= 11 is 5.92. The first-order valence-electron chi connectivity index (χ1n) is 5.69. The zero-order valence-corrected chi connectivity index (χ0v) is 11.6. The molecule has 21 heavy (non-hydrogen) atoms. The second kappa shape index (κ2) is 6.11. The molecule has 0 radical (unpaired) electrons. The van der Waals surface area contributed by atoms with Crippen molar-refractivity contribution in [2.75, 3.05) is 7.11 Å². The van der Waals surface area contributed by atoms with Crippen molar-refractivity contribution in [3.05, 3.63) is 46.6 Å². The maximum Gasteiger partial charge on any atom is 0.337 e. The van der Waals surface area contributed by atoms with Crippen molar-refractivity contribution in [2.24, 2.45) is 0 Å². The Morgan fingerprint density at radius 1 is 1.33 bits per heavy atom. The van der Waals surface area contributed by atoms with Crippen LogP contribution in [0.5, 0.6) is 17.4 Å². The lowest BCUT2D eigenvalue weighted by Crippen LogP contribution is -1.98. The summed E-state index contributed by atoms with van der Waals surface area (Å²) in [6.45, 7) is 0. The van der Waals surface area contributed by atoms with Gasteiger partial charge in [-0.1, -0.05) is 11.6 Å². The molecule has 0 aliphatic carbocycles. The smallest absolute Gasteiger partial charge is 0.337 e. The molecule has 0 spiro atoms. The van der Waals surface area contributed by atoms with Crippen LogP contribution < -0.4 is 9.47 Å². The molecule has 106 valence electrons. The van der Waals surface area contributed by atoms with E-state index in [0.717, 1.165) is 6.20 Å². The van der Waals surface area contributed by atoms with Gasteiger partial charge in [-0.3, -0.25) is 0 Å². The van der Waals surface area contributed by atoms with Gasteiger partial charge < -0.3 is 14.6 Å². The molecule has 0 aliphatic rings. The summed E-state index contributed by atoms with van der Waals surface area (Å²) in [4.78, 5) is 14.6. The summed E-state index contributed by atoms with van der Waals surface area (Å²) in [5, 5.41) is 17.8. The standard InChI is InChI=1S/C14H9ClN2O4/c1-20-10-2-8(6-16)3-11(5-10)21-13-12(15)4-9(7-17-13)14(18)19/h2-5,7H,1H3,(H,18,19). The van der Waals surface area contributed by atoms with Gasteiger partial charge in [0.15, 0.2) is 0 Å². The Kier molecular flexibility index (Phi) is 4.26. The quantitative estimate of drug-likeness (QED) is 0.933. The molecule has 0 amide bonds. The molecule has 1 heterocycles. The van der Waals surface area contributed by atoms with Crippen LogP contribution in [0.1, 0.15) is 15.9 Å². The summed E-state index contributed by atoms with van der Waals surface area (Å²) < 4.78 is 10.5. The van der Waals surface area contributed by atoms with Crippen LogP contribution in [-0.4, -0.2) is 23.2 Å². The minimum absolute atomic E-state index is 0.0406. The lowest BCUT2D eigenvalue weighted by molar-refractivity contribution is 0.0696. The fraction of sp³-hybridized carbons (Fsp3) is 0.0714. The Balaban J connectivity index is 2.34. The van der Waals surface area contributed by atoms with E-state index in [-0.39, 0.29) is 16.5 Å². The van der Waals surface area contributed by atoms with Crippen LogP contribution in [0.15, 0.2) is 30.5 Å². The van der Waals surface area contributed by atoms with E-state index in [1.165, 1.54) is 19.2 Å². The summed E-state index contributed by atoms with van der Waals surface area (Å²) in [6.07, 6.45) is 1.13. The van der Waals surface area contributed by atoms with Gasteiger partial charge >= 0.3 is 5.97 Å². The van der Waals surface area contributed by atoms with E-state index < -0.39 is 5.97 Å². The second-order valence-corrected chi connectivity index (χ2v) is 4.33. The van der Waals surface area contributed by atoms with Gasteiger partial charge in [0.1, 0.15) is 16.5 Å². The van der Waals surface area contributed by atoms with Crippen molar-refractivity contribution in [1.29, 1.82) is 5.26 Å². The zero-order valence-electron chi connectivity index (χ0n) is 10.8. The molecule has 1 N–H and O–H groups in total. The van der Waals surface area contributed by atoms with Gasteiger partial charge in [0.25, 0.3) is 0 Å². The minimum Gasteiger partial charge on any atom is -0.497 e. The number of benzene rings is 1. The van der Waals surface area contributed by atoms with Gasteiger partial charge in [-0.2, -0.15) is 5.26 Å². The van der Waals surface area contributed by atoms with E-state index >= 15 is 0 Å². The summed E-state index contributed by atoms with van der Waals surface area (Å²) in [5.74, 6) is -0.339. The third-order valence-electron chi connectivity index (χ3n) is 2.51. The number of pyridine rings is 1. The Labute approximate surface area is 125 Å². The Bertz CT molecular complexity index is 740. The number of nitrogens with zero attached hydrogens (tertiary/aromatic N) is 2. The van der Waals surface area contributed by atoms with Crippen molar-refractivity contribution in [2.45, 2.75) is 0 Å². The van der Waals surface area contributed by atoms with E-state index in [4.69, 9.17) is 31.4 Å². The van der Waals surface area contributed by atoms with Gasteiger partial charge in [0.05, 0.1) is 24.3 Å². The third kappa shape index (κ3) is 3.41. The van der Waals surface area contributed by atoms with E-state index in [9.17, 15) is 4.79 Å². The Hall–Kier alpha value is -2.78. The zero-order chi connectivity index (χ0) is 15.4. The Morgan fingerprint density at radius 2 is 2.05 bits per heavy atom. The minimum atomic E-state index is -1.14. The topological polar surface area (TPSA) is 92.4 Å². The fourth-order valence-electron chi connectivity index (χ4n) is 1.54. The number of hydrogen-bond donors (Lipinski definition) is 1. The number of halogens is 1. The monoisotopic (exact) mass is 304 g/mol. The fourth-order valence-corrected chi connectivity index (χ4v) is 1.75. The first-order valence-corrected chi connectivity index (χ1v) is 6.07. The number of hydrogen-bond acceptors (Lipinski definition) is 5. The molecule has 0 saturated heterocycles. The predicted molar refractivity (Wildman–Crippen MR) is 74.0 cm³/mol. The SMILES string of the molecule is COc1cc(C#N)cc(Oc2ncc(C(=O)O)cc2Cl)c1. The molecule has 2 rings (SSSR count).